The van der Waals surface area contributed by atoms with E-state index in [4.69, 9.17) is 0 Å². The highest BCUT2D eigenvalue weighted by Crippen LogP contribution is 2.08. The van der Waals surface area contributed by atoms with Crippen LogP contribution in [0.25, 0.3) is 0 Å². The summed E-state index contributed by atoms with van der Waals surface area (Å²) in [6.07, 6.45) is 0. The van der Waals surface area contributed by atoms with Gasteiger partial charge < -0.3 is 0 Å². The maximum absolute atomic E-state index is 9.66. The molecule has 7 heavy (non-hydrogen) atoms. The van der Waals surface area contributed by atoms with Gasteiger partial charge in [-0.05, 0) is 11.8 Å². The maximum atomic E-state index is 9.66. The molecule has 0 heterocycles. The summed E-state index contributed by atoms with van der Waals surface area (Å²) >= 11 is 0.815. The van der Waals surface area contributed by atoms with Gasteiger partial charge in [0.05, 0.1) is 0 Å². The largest absolute Gasteiger partial charge is 0.413 e. The lowest BCUT2D eigenvalue weighted by Gasteiger charge is -1.91. The van der Waals surface area contributed by atoms with E-state index in [1.807, 2.05) is 0 Å². The zero-order chi connectivity index (χ0) is 5.86. The molecule has 0 amide bonds. The van der Waals surface area contributed by atoms with E-state index in [0.29, 0.717) is 0 Å². The van der Waals surface area contributed by atoms with Crippen LogP contribution in [0.3, 0.4) is 0 Å². The first kappa shape index (κ1) is 6.82. The molecular weight excluding hydrogens is 112 g/mol. The molecule has 0 aliphatic rings. The minimum absolute atomic E-state index is 0.130. The first-order valence-corrected chi connectivity index (χ1v) is 2.88. The van der Waals surface area contributed by atoms with E-state index in [0.717, 1.165) is 11.8 Å². The topological polar surface area (TPSA) is 37.0 Å². The van der Waals surface area contributed by atoms with Crippen LogP contribution >= 0.6 is 11.8 Å². The van der Waals surface area contributed by atoms with E-state index < -0.39 is 5.30 Å². The summed E-state index contributed by atoms with van der Waals surface area (Å²) in [5.41, 5.74) is 0. The maximum Gasteiger partial charge on any atom is 0.413 e. The standard InChI is InChI=1S/C4H7O2S/c1-3(2)7-4(5)6/h3H,1-2H3. The van der Waals surface area contributed by atoms with Gasteiger partial charge in [0.1, 0.15) is 0 Å². The van der Waals surface area contributed by atoms with Crippen LogP contribution in [0.2, 0.25) is 0 Å². The SMILES string of the molecule is CC(C)SC([O])=O. The van der Waals surface area contributed by atoms with Crippen molar-refractivity contribution in [3.63, 3.8) is 0 Å². The van der Waals surface area contributed by atoms with Gasteiger partial charge in [0.15, 0.2) is 0 Å². The highest BCUT2D eigenvalue weighted by Gasteiger charge is 2.01. The van der Waals surface area contributed by atoms with E-state index >= 15 is 0 Å². The van der Waals surface area contributed by atoms with Crippen molar-refractivity contribution in [1.29, 1.82) is 0 Å². The summed E-state index contributed by atoms with van der Waals surface area (Å²) in [6, 6.07) is 0. The van der Waals surface area contributed by atoms with Crippen molar-refractivity contribution in [2.75, 3.05) is 0 Å². The Hall–Kier alpha value is -0.180. The zero-order valence-electron chi connectivity index (χ0n) is 4.30. The molecule has 0 aliphatic carbocycles. The van der Waals surface area contributed by atoms with Crippen LogP contribution in [0.5, 0.6) is 0 Å². The summed E-state index contributed by atoms with van der Waals surface area (Å²) in [5, 5.41) is 8.74. The van der Waals surface area contributed by atoms with Gasteiger partial charge in [0, 0.05) is 5.25 Å². The lowest BCUT2D eigenvalue weighted by atomic mass is 10.6. The molecular formula is C4H7O2S. The Morgan fingerprint density at radius 3 is 2.00 bits per heavy atom. The van der Waals surface area contributed by atoms with Crippen LogP contribution in [-0.4, -0.2) is 10.6 Å². The van der Waals surface area contributed by atoms with Crippen molar-refractivity contribution in [1.82, 2.24) is 0 Å². The molecule has 0 fully saturated rings. The van der Waals surface area contributed by atoms with Gasteiger partial charge in [-0.2, -0.15) is 0 Å². The first-order chi connectivity index (χ1) is 3.13. The van der Waals surface area contributed by atoms with Crippen LogP contribution < -0.4 is 0 Å². The predicted molar refractivity (Wildman–Crippen MR) is 28.8 cm³/mol. The first-order valence-electron chi connectivity index (χ1n) is 2.00. The van der Waals surface area contributed by atoms with Crippen LogP contribution in [-0.2, 0) is 5.11 Å². The minimum atomic E-state index is -1.05. The third-order valence-corrected chi connectivity index (χ3v) is 0.996. The van der Waals surface area contributed by atoms with Crippen molar-refractivity contribution in [3.05, 3.63) is 0 Å². The van der Waals surface area contributed by atoms with Crippen molar-refractivity contribution in [2.45, 2.75) is 19.1 Å². The van der Waals surface area contributed by atoms with E-state index in [1.54, 1.807) is 13.8 Å². The normalized spacial score (nSPS) is 9.57. The number of carbonyl (C=O) groups excluding carboxylic acids is 1. The van der Waals surface area contributed by atoms with Gasteiger partial charge in [-0.3, -0.25) is 0 Å². The van der Waals surface area contributed by atoms with E-state index in [-0.39, 0.29) is 5.25 Å². The molecule has 0 rings (SSSR count). The molecule has 2 nitrogen and oxygen atoms in total. The molecule has 0 saturated carbocycles. The monoisotopic (exact) mass is 119 g/mol. The zero-order valence-corrected chi connectivity index (χ0v) is 5.12. The van der Waals surface area contributed by atoms with E-state index in [9.17, 15) is 9.90 Å². The van der Waals surface area contributed by atoms with Crippen LogP contribution in [0.1, 0.15) is 13.8 Å². The molecule has 0 unspecified atom stereocenters. The average molecular weight is 119 g/mol. The van der Waals surface area contributed by atoms with Crippen LogP contribution in [0, 0.1) is 0 Å². The molecule has 0 N–H and O–H groups in total. The predicted octanol–water partition coefficient (Wildman–Crippen LogP) is 1.68. The fourth-order valence-electron chi connectivity index (χ4n) is 0.192. The molecule has 3 heteroatoms. The number of carbonyl (C=O) groups is 1. The molecule has 0 aromatic carbocycles. The van der Waals surface area contributed by atoms with Crippen LogP contribution in [0.15, 0.2) is 0 Å². The van der Waals surface area contributed by atoms with Crippen molar-refractivity contribution < 1.29 is 9.90 Å². The van der Waals surface area contributed by atoms with Gasteiger partial charge in [-0.25, -0.2) is 9.90 Å². The third kappa shape index (κ3) is 5.82. The third-order valence-electron chi connectivity index (χ3n) is 0.332. The van der Waals surface area contributed by atoms with E-state index in [1.165, 1.54) is 0 Å². The molecule has 0 aromatic heterocycles. The lowest BCUT2D eigenvalue weighted by molar-refractivity contribution is 0.199. The second-order valence-electron chi connectivity index (χ2n) is 1.42. The number of hydrogen-bond acceptors (Lipinski definition) is 2. The van der Waals surface area contributed by atoms with Gasteiger partial charge in [0.2, 0.25) is 0 Å². The van der Waals surface area contributed by atoms with Gasteiger partial charge in [-0.15, -0.1) is 0 Å². The summed E-state index contributed by atoms with van der Waals surface area (Å²) in [4.78, 5) is 9.66. The molecule has 0 aliphatic heterocycles. The summed E-state index contributed by atoms with van der Waals surface area (Å²) in [6.45, 7) is 3.61. The molecule has 0 atom stereocenters. The Morgan fingerprint density at radius 1 is 1.57 bits per heavy atom. The highest BCUT2D eigenvalue weighted by molar-refractivity contribution is 8.13. The van der Waals surface area contributed by atoms with E-state index in [2.05, 4.69) is 0 Å². The number of hydrogen-bond donors (Lipinski definition) is 0. The Labute approximate surface area is 46.9 Å². The van der Waals surface area contributed by atoms with Gasteiger partial charge in [0.25, 0.3) is 0 Å². The second-order valence-corrected chi connectivity index (χ2v) is 2.93. The molecule has 0 spiro atoms. The summed E-state index contributed by atoms with van der Waals surface area (Å²) in [7, 11) is 0. The molecule has 0 aromatic rings. The molecule has 0 bridgehead atoms. The summed E-state index contributed by atoms with van der Waals surface area (Å²) < 4.78 is 0. The fraction of sp³-hybridized carbons (Fsp3) is 0.750. The van der Waals surface area contributed by atoms with Crippen molar-refractivity contribution in [3.8, 4) is 0 Å². The summed E-state index contributed by atoms with van der Waals surface area (Å²) in [5.74, 6) is 0. The fourth-order valence-corrected chi connectivity index (χ4v) is 0.577. The molecule has 41 valence electrons. The number of thioether (sulfide) groups is 1. The Balaban J connectivity index is 3.13. The van der Waals surface area contributed by atoms with Crippen molar-refractivity contribution in [2.24, 2.45) is 0 Å². The number of rotatable bonds is 1. The average Bonchev–Trinajstić information content (AvgIpc) is 1.27. The molecule has 0 saturated heterocycles. The Kier molecular flexibility index (Phi) is 2.83. The van der Waals surface area contributed by atoms with Crippen LogP contribution in [0.4, 0.5) is 4.79 Å². The highest BCUT2D eigenvalue weighted by atomic mass is 32.2. The molecule has 1 radical (unpaired) electrons. The quantitative estimate of drug-likeness (QED) is 0.526. The Morgan fingerprint density at radius 2 is 2.00 bits per heavy atom. The minimum Gasteiger partial charge on any atom is -0.234 e. The smallest absolute Gasteiger partial charge is 0.234 e. The van der Waals surface area contributed by atoms with Gasteiger partial charge in [-0.1, -0.05) is 13.8 Å². The second kappa shape index (κ2) is 2.91. The lowest BCUT2D eigenvalue weighted by Crippen LogP contribution is -1.90. The van der Waals surface area contributed by atoms with Crippen molar-refractivity contribution >= 4 is 17.1 Å². The Bertz CT molecular complexity index is 70.1. The van der Waals surface area contributed by atoms with Gasteiger partial charge >= 0.3 is 5.30 Å².